The van der Waals surface area contributed by atoms with Gasteiger partial charge in [-0.15, -0.1) is 5.10 Å². The molecule has 9 nitrogen and oxygen atoms in total. The molecule has 31 heavy (non-hydrogen) atoms. The molecule has 0 unspecified atom stereocenters. The zero-order chi connectivity index (χ0) is 21.0. The van der Waals surface area contributed by atoms with Gasteiger partial charge < -0.3 is 4.74 Å². The smallest absolute Gasteiger partial charge is 0.187 e. The fraction of sp³-hybridized carbons (Fsp3) is 0.364. The SMILES string of the molecule is O=C1CCCCn2cc(cn2)Cc2ncc3nnn(c3n2)-c2ccc(cc2)OCCC1. The van der Waals surface area contributed by atoms with Crippen LogP contribution in [0.4, 0.5) is 0 Å². The predicted octanol–water partition coefficient (Wildman–Crippen LogP) is 2.91. The average molecular weight is 417 g/mol. The average Bonchev–Trinajstić information content (AvgIpc) is 3.41. The number of ketones is 1. The summed E-state index contributed by atoms with van der Waals surface area (Å²) in [5.74, 6) is 1.74. The summed E-state index contributed by atoms with van der Waals surface area (Å²) in [4.78, 5) is 21.2. The minimum Gasteiger partial charge on any atom is -0.494 e. The quantitative estimate of drug-likeness (QED) is 0.434. The summed E-state index contributed by atoms with van der Waals surface area (Å²) in [6, 6.07) is 7.62. The molecule has 158 valence electrons. The minimum absolute atomic E-state index is 0.289. The van der Waals surface area contributed by atoms with Gasteiger partial charge in [0.2, 0.25) is 0 Å². The topological polar surface area (TPSA) is 101 Å². The standard InChI is InChI=1S/C22H23N7O2/c30-18-4-1-2-10-28-15-16(13-24-28)12-21-23-14-20-22(25-21)29(27-26-20)17-6-8-19(9-7-17)31-11-3-5-18/h6-9,13-15H,1-5,10-12H2. The Morgan fingerprint density at radius 1 is 1.00 bits per heavy atom. The van der Waals surface area contributed by atoms with Crippen LogP contribution in [-0.2, 0) is 17.8 Å². The molecule has 6 bridgehead atoms. The van der Waals surface area contributed by atoms with E-state index in [0.29, 0.717) is 42.9 Å². The van der Waals surface area contributed by atoms with Gasteiger partial charge in [0.05, 0.1) is 24.7 Å². The molecule has 9 heteroatoms. The summed E-state index contributed by atoms with van der Waals surface area (Å²) in [7, 11) is 0. The molecule has 0 N–H and O–H groups in total. The highest BCUT2D eigenvalue weighted by molar-refractivity contribution is 5.78. The first-order valence-electron chi connectivity index (χ1n) is 10.6. The number of aryl methyl sites for hydroxylation is 1. The first kappa shape index (κ1) is 19.3. The molecule has 6 rings (SSSR count). The number of ether oxygens (including phenoxy) is 1. The number of hydrogen-bond acceptors (Lipinski definition) is 7. The molecule has 3 aromatic heterocycles. The van der Waals surface area contributed by atoms with Crippen molar-refractivity contribution in [2.24, 2.45) is 0 Å². The second-order valence-electron chi connectivity index (χ2n) is 7.73. The Labute approximate surface area is 179 Å². The Balaban J connectivity index is 1.45. The summed E-state index contributed by atoms with van der Waals surface area (Å²) >= 11 is 0. The molecule has 0 amide bonds. The van der Waals surface area contributed by atoms with Gasteiger partial charge in [-0.2, -0.15) is 9.78 Å². The van der Waals surface area contributed by atoms with E-state index in [-0.39, 0.29) is 5.78 Å². The van der Waals surface area contributed by atoms with E-state index in [9.17, 15) is 4.79 Å². The van der Waals surface area contributed by atoms with Crippen molar-refractivity contribution in [2.45, 2.75) is 45.1 Å². The summed E-state index contributed by atoms with van der Waals surface area (Å²) < 4.78 is 9.41. The molecule has 5 heterocycles. The van der Waals surface area contributed by atoms with Crippen LogP contribution in [0.2, 0.25) is 0 Å². The van der Waals surface area contributed by atoms with E-state index in [4.69, 9.17) is 9.72 Å². The maximum atomic E-state index is 12.1. The number of carbonyl (C=O) groups excluding carboxylic acids is 1. The lowest BCUT2D eigenvalue weighted by Crippen LogP contribution is -2.05. The first-order chi connectivity index (χ1) is 15.2. The van der Waals surface area contributed by atoms with E-state index in [1.165, 1.54) is 0 Å². The molecule has 0 atom stereocenters. The number of nitrogens with zero attached hydrogens (tertiary/aromatic N) is 7. The number of benzene rings is 1. The highest BCUT2D eigenvalue weighted by atomic mass is 16.5. The van der Waals surface area contributed by atoms with Crippen LogP contribution < -0.4 is 4.74 Å². The summed E-state index contributed by atoms with van der Waals surface area (Å²) in [5.41, 5.74) is 3.19. The van der Waals surface area contributed by atoms with Crippen LogP contribution in [0.1, 0.15) is 43.5 Å². The number of hydrogen-bond donors (Lipinski definition) is 0. The molecule has 0 saturated heterocycles. The fourth-order valence-corrected chi connectivity index (χ4v) is 3.69. The van der Waals surface area contributed by atoms with E-state index in [1.807, 2.05) is 41.3 Å². The van der Waals surface area contributed by atoms with Crippen LogP contribution in [-0.4, -0.2) is 47.1 Å². The van der Waals surface area contributed by atoms with Crippen molar-refractivity contribution in [1.29, 1.82) is 0 Å². The fourth-order valence-electron chi connectivity index (χ4n) is 3.69. The number of fused-ring (bicyclic) bond motifs is 10. The second kappa shape index (κ2) is 8.63. The zero-order valence-electron chi connectivity index (χ0n) is 17.1. The first-order valence-corrected chi connectivity index (χ1v) is 10.6. The van der Waals surface area contributed by atoms with Crippen molar-refractivity contribution in [2.75, 3.05) is 6.61 Å². The number of carbonyl (C=O) groups is 1. The van der Waals surface area contributed by atoms with Crippen molar-refractivity contribution in [3.63, 3.8) is 0 Å². The van der Waals surface area contributed by atoms with Crippen molar-refractivity contribution >= 4 is 16.9 Å². The lowest BCUT2D eigenvalue weighted by Gasteiger charge is -2.07. The second-order valence-corrected chi connectivity index (χ2v) is 7.73. The Kier molecular flexibility index (Phi) is 5.39. The third kappa shape index (κ3) is 4.45. The van der Waals surface area contributed by atoms with Crippen LogP contribution >= 0.6 is 0 Å². The Bertz CT molecular complexity index is 1200. The van der Waals surface area contributed by atoms with Gasteiger partial charge in [0, 0.05) is 32.0 Å². The monoisotopic (exact) mass is 417 g/mol. The van der Waals surface area contributed by atoms with Gasteiger partial charge in [-0.1, -0.05) is 5.21 Å². The molecule has 0 saturated carbocycles. The highest BCUT2D eigenvalue weighted by Gasteiger charge is 2.12. The molecular weight excluding hydrogens is 394 g/mol. The molecule has 4 aromatic rings. The van der Waals surface area contributed by atoms with Gasteiger partial charge in [0.15, 0.2) is 11.2 Å². The van der Waals surface area contributed by atoms with Crippen molar-refractivity contribution < 1.29 is 9.53 Å². The van der Waals surface area contributed by atoms with Crippen LogP contribution in [0.3, 0.4) is 0 Å². The van der Waals surface area contributed by atoms with Crippen LogP contribution in [0.15, 0.2) is 42.9 Å². The predicted molar refractivity (Wildman–Crippen MR) is 113 cm³/mol. The highest BCUT2D eigenvalue weighted by Crippen LogP contribution is 2.19. The molecular formula is C22H23N7O2. The third-order valence-electron chi connectivity index (χ3n) is 5.33. The largest absolute Gasteiger partial charge is 0.494 e. The van der Waals surface area contributed by atoms with Gasteiger partial charge in [-0.3, -0.25) is 9.48 Å². The van der Waals surface area contributed by atoms with Crippen LogP contribution in [0.25, 0.3) is 16.9 Å². The van der Waals surface area contributed by atoms with E-state index >= 15 is 0 Å². The van der Waals surface area contributed by atoms with Gasteiger partial charge >= 0.3 is 0 Å². The maximum absolute atomic E-state index is 12.1. The molecule has 0 aliphatic carbocycles. The summed E-state index contributed by atoms with van der Waals surface area (Å²) in [6.45, 7) is 1.31. The molecule has 1 aromatic carbocycles. The number of rotatable bonds is 0. The van der Waals surface area contributed by atoms with Crippen molar-refractivity contribution in [3.8, 4) is 11.4 Å². The normalized spacial score (nSPS) is 15.7. The van der Waals surface area contributed by atoms with E-state index in [1.54, 1.807) is 10.9 Å². The Morgan fingerprint density at radius 2 is 1.87 bits per heavy atom. The zero-order valence-corrected chi connectivity index (χ0v) is 17.1. The van der Waals surface area contributed by atoms with E-state index < -0.39 is 0 Å². The van der Waals surface area contributed by atoms with Crippen LogP contribution in [0.5, 0.6) is 5.75 Å². The van der Waals surface area contributed by atoms with Gasteiger partial charge in [0.25, 0.3) is 0 Å². The summed E-state index contributed by atoms with van der Waals surface area (Å²) in [5, 5.41) is 12.9. The minimum atomic E-state index is 0.289. The number of Topliss-reactive ketones (excluding diaryl/α,β-unsaturated/α-hetero) is 1. The van der Waals surface area contributed by atoms with Crippen molar-refractivity contribution in [3.05, 3.63) is 54.2 Å². The van der Waals surface area contributed by atoms with Crippen molar-refractivity contribution in [1.82, 2.24) is 34.7 Å². The van der Waals surface area contributed by atoms with E-state index in [0.717, 1.165) is 42.8 Å². The van der Waals surface area contributed by atoms with Gasteiger partial charge in [-0.05, 0) is 49.1 Å². The lowest BCUT2D eigenvalue weighted by molar-refractivity contribution is -0.119. The van der Waals surface area contributed by atoms with Gasteiger partial charge in [-0.25, -0.2) is 9.97 Å². The van der Waals surface area contributed by atoms with Crippen LogP contribution in [0, 0.1) is 0 Å². The maximum Gasteiger partial charge on any atom is 0.187 e. The Morgan fingerprint density at radius 3 is 2.77 bits per heavy atom. The molecule has 2 aliphatic rings. The molecule has 0 fully saturated rings. The molecule has 0 spiro atoms. The van der Waals surface area contributed by atoms with Gasteiger partial charge in [0.1, 0.15) is 17.4 Å². The number of aromatic nitrogens is 7. The lowest BCUT2D eigenvalue weighted by atomic mass is 10.1. The molecule has 0 radical (unpaired) electrons. The Hall–Kier alpha value is -3.62. The molecule has 2 aliphatic heterocycles. The summed E-state index contributed by atoms with van der Waals surface area (Å²) in [6.07, 6.45) is 9.81. The van der Waals surface area contributed by atoms with E-state index in [2.05, 4.69) is 20.4 Å². The third-order valence-corrected chi connectivity index (χ3v) is 5.33.